The van der Waals surface area contributed by atoms with Gasteiger partial charge in [0.2, 0.25) is 0 Å². The first-order valence-electron chi connectivity index (χ1n) is 15.2. The van der Waals surface area contributed by atoms with Gasteiger partial charge in [-0.2, -0.15) is 0 Å². The maximum absolute atomic E-state index is 14.0. The molecule has 9 heteroatoms. The van der Waals surface area contributed by atoms with Crippen LogP contribution in [0.5, 0.6) is 0 Å². The summed E-state index contributed by atoms with van der Waals surface area (Å²) in [5, 5.41) is 17.3. The van der Waals surface area contributed by atoms with Crippen LogP contribution in [0, 0.1) is 18.6 Å². The van der Waals surface area contributed by atoms with Crippen molar-refractivity contribution in [3.8, 4) is 0 Å². The van der Waals surface area contributed by atoms with E-state index in [2.05, 4.69) is 36.6 Å². The first kappa shape index (κ1) is 33.2. The number of rotatable bonds is 13. The van der Waals surface area contributed by atoms with Gasteiger partial charge >= 0.3 is 0 Å². The van der Waals surface area contributed by atoms with E-state index in [0.717, 1.165) is 30.0 Å². The van der Waals surface area contributed by atoms with Crippen LogP contribution < -0.4 is 10.6 Å². The van der Waals surface area contributed by atoms with Gasteiger partial charge in [-0.3, -0.25) is 9.59 Å². The maximum atomic E-state index is 14.0. The topological polar surface area (TPSA) is 90.9 Å². The number of hydrogen-bond acceptors (Lipinski definition) is 5. The van der Waals surface area contributed by atoms with Crippen molar-refractivity contribution in [1.82, 2.24) is 15.5 Å². The van der Waals surface area contributed by atoms with Gasteiger partial charge in [-0.1, -0.05) is 38.1 Å². The minimum Gasteiger partial charge on any atom is -0.390 e. The summed E-state index contributed by atoms with van der Waals surface area (Å²) in [5.41, 5.74) is 3.95. The van der Waals surface area contributed by atoms with Gasteiger partial charge in [0.05, 0.1) is 24.8 Å². The summed E-state index contributed by atoms with van der Waals surface area (Å²) < 4.78 is 33.3. The third-order valence-corrected chi connectivity index (χ3v) is 8.04. The molecule has 0 unspecified atom stereocenters. The predicted octanol–water partition coefficient (Wildman–Crippen LogP) is 5.14. The number of nitrogens with zero attached hydrogens (tertiary/aromatic N) is 1. The molecule has 1 heterocycles. The molecular weight excluding hydrogens is 564 g/mol. The van der Waals surface area contributed by atoms with Crippen LogP contribution in [0.4, 0.5) is 8.78 Å². The van der Waals surface area contributed by atoms with Crippen LogP contribution in [-0.4, -0.2) is 66.8 Å². The molecule has 4 rings (SSSR count). The molecule has 7 nitrogen and oxygen atoms in total. The number of benzene rings is 3. The van der Waals surface area contributed by atoms with E-state index in [1.54, 1.807) is 30.2 Å². The number of ether oxygens (including phenoxy) is 1. The lowest BCUT2D eigenvalue weighted by Gasteiger charge is -2.26. The second kappa shape index (κ2) is 15.4. The summed E-state index contributed by atoms with van der Waals surface area (Å²) in [6, 6.07) is 15.4. The van der Waals surface area contributed by atoms with Crippen molar-refractivity contribution < 1.29 is 28.2 Å². The number of hydrogen-bond donors (Lipinski definition) is 3. The summed E-state index contributed by atoms with van der Waals surface area (Å²) in [5.74, 6) is -1.76. The zero-order valence-corrected chi connectivity index (χ0v) is 25.9. The fourth-order valence-corrected chi connectivity index (χ4v) is 5.76. The number of halogens is 2. The number of nitrogens with one attached hydrogen (secondary N) is 2. The molecule has 1 aliphatic rings. The Morgan fingerprint density at radius 3 is 2.45 bits per heavy atom. The lowest BCUT2D eigenvalue weighted by molar-refractivity contribution is 0.0630. The Morgan fingerprint density at radius 1 is 1.02 bits per heavy atom. The molecule has 0 saturated carbocycles. The highest BCUT2D eigenvalue weighted by atomic mass is 19.1. The van der Waals surface area contributed by atoms with Crippen molar-refractivity contribution in [3.05, 3.63) is 106 Å². The molecule has 0 radical (unpaired) electrons. The number of aliphatic hydroxyl groups is 1. The van der Waals surface area contributed by atoms with Crippen molar-refractivity contribution in [2.75, 3.05) is 26.8 Å². The Balaban J connectivity index is 1.51. The molecule has 1 fully saturated rings. The number of carbonyl (C=O) groups is 2. The van der Waals surface area contributed by atoms with Crippen molar-refractivity contribution in [1.29, 1.82) is 0 Å². The van der Waals surface area contributed by atoms with E-state index < -0.39 is 29.7 Å². The first-order chi connectivity index (χ1) is 21.0. The second-order valence-electron chi connectivity index (χ2n) is 12.0. The van der Waals surface area contributed by atoms with Gasteiger partial charge in [0, 0.05) is 43.9 Å². The predicted molar refractivity (Wildman–Crippen MR) is 167 cm³/mol. The smallest absolute Gasteiger partial charge is 0.254 e. The lowest BCUT2D eigenvalue weighted by atomic mass is 9.99. The summed E-state index contributed by atoms with van der Waals surface area (Å²) in [6.07, 6.45) is 0.659. The quantitative estimate of drug-likeness (QED) is 0.251. The molecular formula is C35H43F2N3O4. The van der Waals surface area contributed by atoms with E-state index >= 15 is 0 Å². The van der Waals surface area contributed by atoms with Crippen LogP contribution in [0.2, 0.25) is 0 Å². The molecule has 1 saturated heterocycles. The van der Waals surface area contributed by atoms with E-state index in [-0.39, 0.29) is 30.5 Å². The molecule has 1 aliphatic heterocycles. The van der Waals surface area contributed by atoms with Crippen LogP contribution in [-0.2, 0) is 17.7 Å². The van der Waals surface area contributed by atoms with Crippen LogP contribution in [0.3, 0.4) is 0 Å². The van der Waals surface area contributed by atoms with Crippen LogP contribution in [0.15, 0.2) is 60.7 Å². The Hall–Kier alpha value is -3.66. The fraction of sp³-hybridized carbons (Fsp3) is 0.429. The molecule has 236 valence electrons. The van der Waals surface area contributed by atoms with Gasteiger partial charge in [0.1, 0.15) is 11.6 Å². The van der Waals surface area contributed by atoms with E-state index in [1.807, 2.05) is 19.1 Å². The summed E-state index contributed by atoms with van der Waals surface area (Å²) in [6.45, 7) is 7.74. The number of aliphatic hydroxyl groups excluding tert-OH is 1. The number of carbonyl (C=O) groups excluding carboxylic acids is 2. The van der Waals surface area contributed by atoms with E-state index in [1.165, 1.54) is 17.7 Å². The zero-order chi connectivity index (χ0) is 31.8. The fourth-order valence-electron chi connectivity index (χ4n) is 5.76. The molecule has 3 N–H and O–H groups in total. The molecule has 3 aromatic rings. The third-order valence-electron chi connectivity index (χ3n) is 8.04. The maximum Gasteiger partial charge on any atom is 0.254 e. The minimum atomic E-state index is -1.08. The van der Waals surface area contributed by atoms with Gasteiger partial charge < -0.3 is 25.4 Å². The SMILES string of the molecule is COC[C@H]1CCCN1C(=O)c1cc(C)cc(C(=O)N[C@@H](Cc2cc(F)cc(F)c2)[C@H](O)CNCc2cccc(C(C)C)c2)c1. The monoisotopic (exact) mass is 607 g/mol. The summed E-state index contributed by atoms with van der Waals surface area (Å²) >= 11 is 0. The molecule has 3 atom stereocenters. The summed E-state index contributed by atoms with van der Waals surface area (Å²) in [4.78, 5) is 28.8. The number of methoxy groups -OCH3 is 1. The normalized spacial score (nSPS) is 16.3. The molecule has 3 aromatic carbocycles. The van der Waals surface area contributed by atoms with Crippen molar-refractivity contribution >= 4 is 11.8 Å². The van der Waals surface area contributed by atoms with Gasteiger partial charge in [-0.25, -0.2) is 8.78 Å². The zero-order valence-electron chi connectivity index (χ0n) is 25.9. The molecule has 0 bridgehead atoms. The van der Waals surface area contributed by atoms with Crippen molar-refractivity contribution in [2.24, 2.45) is 0 Å². The number of amides is 2. The third kappa shape index (κ3) is 8.94. The van der Waals surface area contributed by atoms with Crippen molar-refractivity contribution in [2.45, 2.75) is 70.7 Å². The average Bonchev–Trinajstić information content (AvgIpc) is 3.44. The second-order valence-corrected chi connectivity index (χ2v) is 12.0. The van der Waals surface area contributed by atoms with E-state index in [9.17, 15) is 23.5 Å². The Labute approximate surface area is 258 Å². The van der Waals surface area contributed by atoms with Gasteiger partial charge in [0.15, 0.2) is 0 Å². The number of aryl methyl sites for hydroxylation is 1. The van der Waals surface area contributed by atoms with Crippen LogP contribution in [0.1, 0.15) is 75.6 Å². The van der Waals surface area contributed by atoms with Crippen molar-refractivity contribution in [3.63, 3.8) is 0 Å². The molecule has 0 aromatic heterocycles. The minimum absolute atomic E-state index is 0.00379. The standard InChI is InChI=1S/C35H43F2N3O4/c1-22(2)26-8-5-7-24(13-26)19-38-20-33(41)32(16-25-14-29(36)18-30(37)15-25)39-34(42)27-11-23(3)12-28(17-27)35(43)40-10-6-9-31(40)21-44-4/h5,7-8,11-15,17-18,22,31-33,38,41H,6,9-10,16,19-21H2,1-4H3,(H,39,42)/t31-,32+,33-/m1/s1. The summed E-state index contributed by atoms with van der Waals surface area (Å²) in [7, 11) is 1.61. The average molecular weight is 608 g/mol. The Morgan fingerprint density at radius 2 is 1.75 bits per heavy atom. The molecule has 44 heavy (non-hydrogen) atoms. The van der Waals surface area contributed by atoms with Gasteiger partial charge in [-0.05, 0) is 84.7 Å². The van der Waals surface area contributed by atoms with Gasteiger partial charge in [0.25, 0.3) is 11.8 Å². The van der Waals surface area contributed by atoms with Gasteiger partial charge in [-0.15, -0.1) is 0 Å². The van der Waals surface area contributed by atoms with Crippen LogP contribution >= 0.6 is 0 Å². The molecule has 2 amide bonds. The van der Waals surface area contributed by atoms with Crippen LogP contribution in [0.25, 0.3) is 0 Å². The highest BCUT2D eigenvalue weighted by Gasteiger charge is 2.30. The highest BCUT2D eigenvalue weighted by Crippen LogP contribution is 2.22. The lowest BCUT2D eigenvalue weighted by Crippen LogP contribution is -2.48. The largest absolute Gasteiger partial charge is 0.390 e. The molecule has 0 aliphatic carbocycles. The Bertz CT molecular complexity index is 1430. The Kier molecular flexibility index (Phi) is 11.6. The van der Waals surface area contributed by atoms with E-state index in [0.29, 0.717) is 36.7 Å². The number of likely N-dealkylation sites (tertiary alicyclic amines) is 1. The first-order valence-corrected chi connectivity index (χ1v) is 15.2. The molecule has 0 spiro atoms. The van der Waals surface area contributed by atoms with E-state index in [4.69, 9.17) is 4.74 Å². The highest BCUT2D eigenvalue weighted by molar-refractivity contribution is 6.00.